The smallest absolute Gasteiger partial charge is 0.291 e. The Bertz CT molecular complexity index is 507. The average Bonchev–Trinajstić information content (AvgIpc) is 2.68. The number of hydrogen-bond donors (Lipinski definition) is 2. The first-order valence-electron chi connectivity index (χ1n) is 4.43. The van der Waals surface area contributed by atoms with Gasteiger partial charge in [-0.3, -0.25) is 4.79 Å². The Labute approximate surface area is 99.8 Å². The third-order valence-corrected chi connectivity index (χ3v) is 2.27. The van der Waals surface area contributed by atoms with Crippen LogP contribution in [0.3, 0.4) is 0 Å². The van der Waals surface area contributed by atoms with Crippen molar-refractivity contribution in [1.29, 1.82) is 0 Å². The molecule has 82 valence electrons. The molecular formula is C10H8BrN3O2. The summed E-state index contributed by atoms with van der Waals surface area (Å²) in [5.74, 6) is 0.291. The number of amides is 1. The number of nitrogen functional groups attached to an aromatic ring is 1. The van der Waals surface area contributed by atoms with Crippen molar-refractivity contribution < 1.29 is 9.21 Å². The molecule has 2 aromatic heterocycles. The second-order valence-electron chi connectivity index (χ2n) is 3.03. The van der Waals surface area contributed by atoms with E-state index in [1.807, 2.05) is 0 Å². The van der Waals surface area contributed by atoms with E-state index >= 15 is 0 Å². The Morgan fingerprint density at radius 3 is 2.75 bits per heavy atom. The lowest BCUT2D eigenvalue weighted by Crippen LogP contribution is -2.11. The molecule has 0 unspecified atom stereocenters. The van der Waals surface area contributed by atoms with Gasteiger partial charge in [-0.05, 0) is 40.2 Å². The monoisotopic (exact) mass is 281 g/mol. The van der Waals surface area contributed by atoms with Crippen LogP contribution in [-0.4, -0.2) is 10.9 Å². The van der Waals surface area contributed by atoms with Crippen LogP contribution in [0.5, 0.6) is 0 Å². The molecule has 2 aromatic rings. The first-order valence-corrected chi connectivity index (χ1v) is 5.22. The highest BCUT2D eigenvalue weighted by atomic mass is 79.9. The molecule has 2 heterocycles. The van der Waals surface area contributed by atoms with Crippen LogP contribution < -0.4 is 11.1 Å². The number of carbonyl (C=O) groups excluding carboxylic acids is 1. The third kappa shape index (κ3) is 2.40. The predicted molar refractivity (Wildman–Crippen MR) is 63.0 cm³/mol. The van der Waals surface area contributed by atoms with Crippen molar-refractivity contribution in [2.24, 2.45) is 0 Å². The summed E-state index contributed by atoms with van der Waals surface area (Å²) in [6.07, 6.45) is 1.48. The van der Waals surface area contributed by atoms with Gasteiger partial charge in [0.2, 0.25) is 0 Å². The maximum atomic E-state index is 11.6. The standard InChI is InChI=1S/C10H8BrN3O2/c11-8-3-2-7(16-8)10(15)14-6-1-4-9(12)13-5-6/h1-5H,(H2,12,13)(H,14,15). The van der Waals surface area contributed by atoms with Gasteiger partial charge in [0.05, 0.1) is 11.9 Å². The lowest BCUT2D eigenvalue weighted by Gasteiger charge is -2.02. The number of furan rings is 1. The lowest BCUT2D eigenvalue weighted by molar-refractivity contribution is 0.0995. The maximum Gasteiger partial charge on any atom is 0.291 e. The van der Waals surface area contributed by atoms with Crippen LogP contribution in [0.15, 0.2) is 39.5 Å². The molecule has 5 nitrogen and oxygen atoms in total. The molecule has 0 aliphatic heterocycles. The number of halogens is 1. The average molecular weight is 282 g/mol. The number of nitrogens with two attached hydrogens (primary N) is 1. The fourth-order valence-corrected chi connectivity index (χ4v) is 1.41. The Balaban J connectivity index is 2.10. The summed E-state index contributed by atoms with van der Waals surface area (Å²) < 4.78 is 5.61. The molecule has 2 rings (SSSR count). The Morgan fingerprint density at radius 1 is 1.38 bits per heavy atom. The number of nitrogens with zero attached hydrogens (tertiary/aromatic N) is 1. The molecule has 0 aliphatic rings. The molecule has 0 bridgehead atoms. The highest BCUT2D eigenvalue weighted by Crippen LogP contribution is 2.15. The van der Waals surface area contributed by atoms with E-state index in [9.17, 15) is 4.79 Å². The summed E-state index contributed by atoms with van der Waals surface area (Å²) in [4.78, 5) is 15.5. The first-order chi connectivity index (χ1) is 7.65. The van der Waals surface area contributed by atoms with Gasteiger partial charge >= 0.3 is 0 Å². The van der Waals surface area contributed by atoms with Gasteiger partial charge in [-0.1, -0.05) is 0 Å². The van der Waals surface area contributed by atoms with Crippen LogP contribution >= 0.6 is 15.9 Å². The molecule has 0 saturated heterocycles. The molecule has 6 heteroatoms. The van der Waals surface area contributed by atoms with E-state index < -0.39 is 0 Å². The third-order valence-electron chi connectivity index (χ3n) is 1.84. The highest BCUT2D eigenvalue weighted by Gasteiger charge is 2.10. The number of carbonyl (C=O) groups is 1. The second kappa shape index (κ2) is 4.36. The topological polar surface area (TPSA) is 81.1 Å². The summed E-state index contributed by atoms with van der Waals surface area (Å²) in [7, 11) is 0. The molecule has 0 radical (unpaired) electrons. The Morgan fingerprint density at radius 2 is 2.19 bits per heavy atom. The van der Waals surface area contributed by atoms with Crippen LogP contribution in [0.1, 0.15) is 10.6 Å². The number of rotatable bonds is 2. The minimum atomic E-state index is -0.336. The summed E-state index contributed by atoms with van der Waals surface area (Å²) in [5.41, 5.74) is 5.99. The molecule has 0 atom stereocenters. The summed E-state index contributed by atoms with van der Waals surface area (Å²) in [5, 5.41) is 2.63. The Kier molecular flexibility index (Phi) is 2.91. The van der Waals surface area contributed by atoms with Gasteiger partial charge in [-0.25, -0.2) is 4.98 Å². The number of anilines is 2. The van der Waals surface area contributed by atoms with Crippen molar-refractivity contribution in [3.63, 3.8) is 0 Å². The van der Waals surface area contributed by atoms with Gasteiger partial charge in [-0.15, -0.1) is 0 Å². The van der Waals surface area contributed by atoms with Crippen molar-refractivity contribution in [2.75, 3.05) is 11.1 Å². The minimum Gasteiger partial charge on any atom is -0.444 e. The van der Waals surface area contributed by atoms with Crippen molar-refractivity contribution in [1.82, 2.24) is 4.98 Å². The molecule has 0 aromatic carbocycles. The summed E-state index contributed by atoms with van der Waals surface area (Å²) in [6, 6.07) is 6.49. The number of pyridine rings is 1. The molecule has 1 amide bonds. The number of hydrogen-bond acceptors (Lipinski definition) is 4. The van der Waals surface area contributed by atoms with E-state index in [4.69, 9.17) is 10.2 Å². The zero-order chi connectivity index (χ0) is 11.5. The van der Waals surface area contributed by atoms with Crippen LogP contribution in [0.4, 0.5) is 11.5 Å². The number of nitrogens with one attached hydrogen (secondary N) is 1. The largest absolute Gasteiger partial charge is 0.444 e. The molecular weight excluding hydrogens is 274 g/mol. The fraction of sp³-hybridized carbons (Fsp3) is 0. The molecule has 16 heavy (non-hydrogen) atoms. The molecule has 0 fully saturated rings. The van der Waals surface area contributed by atoms with E-state index in [2.05, 4.69) is 26.2 Å². The molecule has 0 saturated carbocycles. The van der Waals surface area contributed by atoms with Gasteiger partial charge < -0.3 is 15.5 Å². The SMILES string of the molecule is Nc1ccc(NC(=O)c2ccc(Br)o2)cn1. The zero-order valence-electron chi connectivity index (χ0n) is 8.11. The molecule has 0 aliphatic carbocycles. The maximum absolute atomic E-state index is 11.6. The van der Waals surface area contributed by atoms with E-state index in [0.717, 1.165) is 0 Å². The predicted octanol–water partition coefficient (Wildman–Crippen LogP) is 2.27. The van der Waals surface area contributed by atoms with Gasteiger partial charge in [0.15, 0.2) is 10.4 Å². The van der Waals surface area contributed by atoms with Crippen LogP contribution in [0, 0.1) is 0 Å². The van der Waals surface area contributed by atoms with Crippen LogP contribution in [0.2, 0.25) is 0 Å². The van der Waals surface area contributed by atoms with Gasteiger partial charge in [0.1, 0.15) is 5.82 Å². The van der Waals surface area contributed by atoms with E-state index in [1.165, 1.54) is 6.20 Å². The molecule has 3 N–H and O–H groups in total. The normalized spacial score (nSPS) is 10.1. The van der Waals surface area contributed by atoms with E-state index in [-0.39, 0.29) is 11.7 Å². The van der Waals surface area contributed by atoms with Crippen molar-refractivity contribution in [3.05, 3.63) is 40.9 Å². The zero-order valence-corrected chi connectivity index (χ0v) is 9.69. The lowest BCUT2D eigenvalue weighted by atomic mass is 10.3. The first kappa shape index (κ1) is 10.7. The van der Waals surface area contributed by atoms with Gasteiger partial charge in [-0.2, -0.15) is 0 Å². The molecule has 0 spiro atoms. The van der Waals surface area contributed by atoms with Crippen molar-refractivity contribution >= 4 is 33.3 Å². The van der Waals surface area contributed by atoms with E-state index in [0.29, 0.717) is 16.2 Å². The van der Waals surface area contributed by atoms with Crippen molar-refractivity contribution in [2.45, 2.75) is 0 Å². The van der Waals surface area contributed by atoms with Gasteiger partial charge in [0.25, 0.3) is 5.91 Å². The quantitative estimate of drug-likeness (QED) is 0.885. The van der Waals surface area contributed by atoms with E-state index in [1.54, 1.807) is 24.3 Å². The van der Waals surface area contributed by atoms with Crippen molar-refractivity contribution in [3.8, 4) is 0 Å². The van der Waals surface area contributed by atoms with Crippen LogP contribution in [-0.2, 0) is 0 Å². The van der Waals surface area contributed by atoms with Crippen LogP contribution in [0.25, 0.3) is 0 Å². The minimum absolute atomic E-state index is 0.226. The summed E-state index contributed by atoms with van der Waals surface area (Å²) in [6.45, 7) is 0. The highest BCUT2D eigenvalue weighted by molar-refractivity contribution is 9.10. The number of aromatic nitrogens is 1. The van der Waals surface area contributed by atoms with Gasteiger partial charge in [0, 0.05) is 0 Å². The fourth-order valence-electron chi connectivity index (χ4n) is 1.11. The Hall–Kier alpha value is -1.82. The second-order valence-corrected chi connectivity index (χ2v) is 3.81. The summed E-state index contributed by atoms with van der Waals surface area (Å²) >= 11 is 3.12.